The van der Waals surface area contributed by atoms with Gasteiger partial charge in [-0.1, -0.05) is 36.4 Å². The van der Waals surface area contributed by atoms with E-state index in [0.717, 1.165) is 0 Å². The first kappa shape index (κ1) is 24.7. The molecule has 0 spiro atoms. The van der Waals surface area contributed by atoms with Crippen molar-refractivity contribution in [3.63, 3.8) is 0 Å². The van der Waals surface area contributed by atoms with Crippen LogP contribution in [0.15, 0.2) is 60.7 Å². The summed E-state index contributed by atoms with van der Waals surface area (Å²) < 4.78 is 56.0. The van der Waals surface area contributed by atoms with Crippen LogP contribution in [0.1, 0.15) is 27.7 Å². The molecule has 10 heteroatoms. The summed E-state index contributed by atoms with van der Waals surface area (Å²) in [7, 11) is -3.83. The Bertz CT molecular complexity index is 1000. The summed E-state index contributed by atoms with van der Waals surface area (Å²) in [6.07, 6.45) is -1.94. The lowest BCUT2D eigenvalue weighted by molar-refractivity contribution is -0.205. The van der Waals surface area contributed by atoms with Gasteiger partial charge in [0.15, 0.2) is 11.6 Å². The standard InChI is InChI=1S/C25H32NO8P/c1-24(2)28-16-20(30-24)21-23-22(31-25(3,4)32-23)19(29-21)15-26-35(27,33-17-11-7-5-8-12-17)34-18-13-9-6-10-14-18/h5-14,19-23H,15-16H2,1-4H3,(H,26,27)/t19-,20?,21-,22-,23+/m1/s1. The minimum atomic E-state index is -3.83. The van der Waals surface area contributed by atoms with Crippen molar-refractivity contribution < 1.29 is 37.3 Å². The van der Waals surface area contributed by atoms with Crippen LogP contribution in [0.3, 0.4) is 0 Å². The maximum atomic E-state index is 13.8. The highest BCUT2D eigenvalue weighted by Gasteiger charge is 2.59. The summed E-state index contributed by atoms with van der Waals surface area (Å²) in [6, 6.07) is 17.8. The van der Waals surface area contributed by atoms with Gasteiger partial charge in [-0.15, -0.1) is 0 Å². The molecule has 3 aliphatic heterocycles. The fourth-order valence-corrected chi connectivity index (χ4v) is 5.95. The number of ether oxygens (including phenoxy) is 5. The molecule has 2 aromatic carbocycles. The van der Waals surface area contributed by atoms with Gasteiger partial charge in [0.2, 0.25) is 0 Å². The Labute approximate surface area is 205 Å². The van der Waals surface area contributed by atoms with Crippen LogP contribution in [0.5, 0.6) is 11.5 Å². The average Bonchev–Trinajstić information content (AvgIpc) is 3.43. The molecule has 0 bridgehead atoms. The molecule has 1 unspecified atom stereocenters. The van der Waals surface area contributed by atoms with Crippen molar-refractivity contribution in [3.05, 3.63) is 60.7 Å². The Kier molecular flexibility index (Phi) is 6.70. The van der Waals surface area contributed by atoms with Gasteiger partial charge < -0.3 is 32.7 Å². The normalized spacial score (nSPS) is 31.3. The molecule has 2 aromatic rings. The van der Waals surface area contributed by atoms with Gasteiger partial charge in [0, 0.05) is 6.54 Å². The number of benzene rings is 2. The second-order valence-electron chi connectivity index (χ2n) is 9.74. The third-order valence-corrected chi connectivity index (χ3v) is 7.48. The van der Waals surface area contributed by atoms with Gasteiger partial charge in [0.05, 0.1) is 6.61 Å². The van der Waals surface area contributed by atoms with Crippen molar-refractivity contribution in [2.75, 3.05) is 13.2 Å². The highest BCUT2D eigenvalue weighted by atomic mass is 31.2. The van der Waals surface area contributed by atoms with Crippen molar-refractivity contribution in [2.45, 2.75) is 69.8 Å². The largest absolute Gasteiger partial charge is 0.512 e. The highest BCUT2D eigenvalue weighted by molar-refractivity contribution is 7.52. The molecule has 5 atom stereocenters. The van der Waals surface area contributed by atoms with Crippen LogP contribution in [-0.2, 0) is 28.2 Å². The lowest BCUT2D eigenvalue weighted by Crippen LogP contribution is -2.40. The number of fused-ring (bicyclic) bond motifs is 1. The summed E-state index contributed by atoms with van der Waals surface area (Å²) in [6.45, 7) is 8.00. The SMILES string of the molecule is CC1(C)OCC([C@H]2O[C@H](CNP(=O)(Oc3ccccc3)Oc3ccccc3)[C@H]3OC(C)(C)O[C@H]32)O1. The Balaban J connectivity index is 1.33. The lowest BCUT2D eigenvalue weighted by atomic mass is 10.0. The lowest BCUT2D eigenvalue weighted by Gasteiger charge is -2.27. The fraction of sp³-hybridized carbons (Fsp3) is 0.520. The first-order valence-corrected chi connectivity index (χ1v) is 13.3. The molecule has 3 heterocycles. The molecular formula is C25H32NO8P. The Morgan fingerprint density at radius 3 is 1.94 bits per heavy atom. The predicted molar refractivity (Wildman–Crippen MR) is 127 cm³/mol. The molecule has 9 nitrogen and oxygen atoms in total. The molecule has 1 N–H and O–H groups in total. The van der Waals surface area contributed by atoms with Crippen LogP contribution < -0.4 is 14.1 Å². The van der Waals surface area contributed by atoms with E-state index in [1.807, 2.05) is 39.8 Å². The van der Waals surface area contributed by atoms with E-state index in [-0.39, 0.29) is 18.8 Å². The molecule has 0 aromatic heterocycles. The molecule has 0 amide bonds. The van der Waals surface area contributed by atoms with Crippen LogP contribution >= 0.6 is 7.75 Å². The molecule has 3 aliphatic rings. The van der Waals surface area contributed by atoms with E-state index < -0.39 is 37.6 Å². The van der Waals surface area contributed by atoms with Crippen LogP contribution in [0.4, 0.5) is 0 Å². The number of hydrogen-bond acceptors (Lipinski definition) is 8. The topological polar surface area (TPSA) is 93.7 Å². The minimum Gasteiger partial charge on any atom is -0.405 e. The molecule has 5 rings (SSSR count). The summed E-state index contributed by atoms with van der Waals surface area (Å²) in [5, 5.41) is 2.98. The van der Waals surface area contributed by atoms with E-state index in [1.54, 1.807) is 48.5 Å². The van der Waals surface area contributed by atoms with Crippen LogP contribution in [-0.4, -0.2) is 55.2 Å². The molecule has 3 saturated heterocycles. The summed E-state index contributed by atoms with van der Waals surface area (Å²) in [5.74, 6) is -0.641. The molecule has 0 saturated carbocycles. The van der Waals surface area contributed by atoms with Crippen molar-refractivity contribution in [3.8, 4) is 11.5 Å². The Morgan fingerprint density at radius 2 is 1.40 bits per heavy atom. The Morgan fingerprint density at radius 1 is 0.829 bits per heavy atom. The van der Waals surface area contributed by atoms with Crippen molar-refractivity contribution in [1.82, 2.24) is 5.09 Å². The second-order valence-corrected chi connectivity index (χ2v) is 11.4. The van der Waals surface area contributed by atoms with Crippen LogP contribution in [0, 0.1) is 0 Å². The van der Waals surface area contributed by atoms with E-state index >= 15 is 0 Å². The number of nitrogens with one attached hydrogen (secondary N) is 1. The van der Waals surface area contributed by atoms with Crippen molar-refractivity contribution >= 4 is 7.75 Å². The smallest absolute Gasteiger partial charge is 0.405 e. The summed E-state index contributed by atoms with van der Waals surface area (Å²) in [5.41, 5.74) is 0. The van der Waals surface area contributed by atoms with Gasteiger partial charge in [0.25, 0.3) is 0 Å². The number of rotatable bonds is 8. The monoisotopic (exact) mass is 505 g/mol. The number of hydrogen-bond donors (Lipinski definition) is 1. The zero-order valence-electron chi connectivity index (χ0n) is 20.3. The van der Waals surface area contributed by atoms with Crippen LogP contribution in [0.25, 0.3) is 0 Å². The van der Waals surface area contributed by atoms with Gasteiger partial charge >= 0.3 is 7.75 Å². The number of para-hydroxylation sites is 2. The third kappa shape index (κ3) is 5.73. The van der Waals surface area contributed by atoms with Crippen molar-refractivity contribution in [2.24, 2.45) is 0 Å². The van der Waals surface area contributed by atoms with E-state index in [1.165, 1.54) is 0 Å². The first-order valence-electron chi connectivity index (χ1n) is 11.8. The predicted octanol–water partition coefficient (Wildman–Crippen LogP) is 4.28. The van der Waals surface area contributed by atoms with Gasteiger partial charge in [-0.3, -0.25) is 0 Å². The molecule has 190 valence electrons. The van der Waals surface area contributed by atoms with E-state index in [2.05, 4.69) is 5.09 Å². The van der Waals surface area contributed by atoms with Crippen molar-refractivity contribution in [1.29, 1.82) is 0 Å². The zero-order valence-corrected chi connectivity index (χ0v) is 21.2. The van der Waals surface area contributed by atoms with E-state index in [9.17, 15) is 4.57 Å². The van der Waals surface area contributed by atoms with E-state index in [0.29, 0.717) is 18.1 Å². The molecular weight excluding hydrogens is 473 g/mol. The highest BCUT2D eigenvalue weighted by Crippen LogP contribution is 2.46. The quantitative estimate of drug-likeness (QED) is 0.528. The molecule has 3 fully saturated rings. The third-order valence-electron chi connectivity index (χ3n) is 6.01. The zero-order chi connectivity index (χ0) is 24.7. The van der Waals surface area contributed by atoms with Gasteiger partial charge in [-0.25, -0.2) is 4.57 Å². The Hall–Kier alpha value is -1.97. The van der Waals surface area contributed by atoms with Gasteiger partial charge in [-0.05, 0) is 52.0 Å². The molecule has 35 heavy (non-hydrogen) atoms. The minimum absolute atomic E-state index is 0.144. The summed E-state index contributed by atoms with van der Waals surface area (Å²) in [4.78, 5) is 0. The maximum absolute atomic E-state index is 13.8. The second kappa shape index (κ2) is 9.48. The van der Waals surface area contributed by atoms with Crippen LogP contribution in [0.2, 0.25) is 0 Å². The van der Waals surface area contributed by atoms with Gasteiger partial charge in [0.1, 0.15) is 42.0 Å². The molecule has 0 aliphatic carbocycles. The van der Waals surface area contributed by atoms with E-state index in [4.69, 9.17) is 32.7 Å². The first-order chi connectivity index (χ1) is 16.6. The maximum Gasteiger partial charge on any atom is 0.512 e. The fourth-order valence-electron chi connectivity index (χ4n) is 4.58. The molecule has 0 radical (unpaired) electrons. The summed E-state index contributed by atoms with van der Waals surface area (Å²) >= 11 is 0. The average molecular weight is 506 g/mol. The van der Waals surface area contributed by atoms with Gasteiger partial charge in [-0.2, -0.15) is 5.09 Å².